The van der Waals surface area contributed by atoms with E-state index in [1.54, 1.807) is 6.07 Å². The van der Waals surface area contributed by atoms with Gasteiger partial charge in [-0.1, -0.05) is 6.07 Å². The van der Waals surface area contributed by atoms with E-state index in [4.69, 9.17) is 15.6 Å². The number of nitrogens with two attached hydrogens (primary N) is 1. The number of halogens is 2. The fourth-order valence-corrected chi connectivity index (χ4v) is 1.42. The monoisotopic (exact) mass is 247 g/mol. The van der Waals surface area contributed by atoms with Crippen LogP contribution in [0.3, 0.4) is 0 Å². The maximum atomic E-state index is 12.2. The highest BCUT2D eigenvalue weighted by Crippen LogP contribution is 2.31. The Morgan fingerprint density at radius 1 is 1.35 bits per heavy atom. The second-order valence-electron chi connectivity index (χ2n) is 3.41. The number of benzene rings is 1. The van der Waals surface area contributed by atoms with Gasteiger partial charge in [-0.25, -0.2) is 0 Å². The van der Waals surface area contributed by atoms with E-state index in [-0.39, 0.29) is 18.1 Å². The molecule has 0 heterocycles. The smallest absolute Gasteiger partial charge is 0.387 e. The molecule has 0 radical (unpaired) electrons. The van der Waals surface area contributed by atoms with Crippen LogP contribution in [0.4, 0.5) is 8.78 Å². The molecule has 0 bridgehead atoms. The molecule has 0 amide bonds. The number of alkyl halides is 2. The van der Waals surface area contributed by atoms with Gasteiger partial charge in [-0.2, -0.15) is 8.78 Å². The number of aliphatic hydroxyl groups excluding tert-OH is 1. The highest BCUT2D eigenvalue weighted by molar-refractivity contribution is 5.43. The van der Waals surface area contributed by atoms with Crippen molar-refractivity contribution in [1.82, 2.24) is 0 Å². The van der Waals surface area contributed by atoms with Gasteiger partial charge >= 0.3 is 6.61 Å². The van der Waals surface area contributed by atoms with E-state index < -0.39 is 12.7 Å². The van der Waals surface area contributed by atoms with E-state index in [2.05, 4.69) is 4.74 Å². The lowest BCUT2D eigenvalue weighted by Crippen LogP contribution is -2.12. The third kappa shape index (κ3) is 3.83. The van der Waals surface area contributed by atoms with Crippen molar-refractivity contribution in [2.75, 3.05) is 13.7 Å². The predicted molar refractivity (Wildman–Crippen MR) is 58.3 cm³/mol. The molecule has 0 fully saturated rings. The molecule has 4 nitrogen and oxygen atoms in total. The first-order chi connectivity index (χ1) is 8.08. The van der Waals surface area contributed by atoms with Crippen molar-refractivity contribution in [2.45, 2.75) is 19.1 Å². The van der Waals surface area contributed by atoms with Crippen LogP contribution in [0.2, 0.25) is 0 Å². The van der Waals surface area contributed by atoms with Gasteiger partial charge in [0, 0.05) is 12.6 Å². The van der Waals surface area contributed by atoms with Gasteiger partial charge in [0.05, 0.1) is 7.11 Å². The standard InChI is InChI=1S/C11H15F2NO3/c1-16-9-3-2-7(8(14)4-5-15)6-10(9)17-11(12)13/h2-3,6,8,11,15H,4-5,14H2,1H3. The van der Waals surface area contributed by atoms with Crippen molar-refractivity contribution in [3.05, 3.63) is 23.8 Å². The van der Waals surface area contributed by atoms with Crippen LogP contribution < -0.4 is 15.2 Å². The second kappa shape index (κ2) is 6.36. The van der Waals surface area contributed by atoms with Gasteiger partial charge in [0.1, 0.15) is 0 Å². The van der Waals surface area contributed by atoms with Gasteiger partial charge in [0.15, 0.2) is 11.5 Å². The zero-order valence-electron chi connectivity index (χ0n) is 9.40. The Hall–Kier alpha value is -1.40. The van der Waals surface area contributed by atoms with Crippen molar-refractivity contribution in [3.63, 3.8) is 0 Å². The number of aliphatic hydroxyl groups is 1. The van der Waals surface area contributed by atoms with E-state index in [9.17, 15) is 8.78 Å². The Bertz CT molecular complexity index is 361. The molecule has 1 rings (SSSR count). The Morgan fingerprint density at radius 3 is 2.59 bits per heavy atom. The number of rotatable bonds is 6. The fraction of sp³-hybridized carbons (Fsp3) is 0.455. The summed E-state index contributed by atoms with van der Waals surface area (Å²) in [5.41, 5.74) is 6.36. The quantitative estimate of drug-likeness (QED) is 0.802. The minimum Gasteiger partial charge on any atom is -0.493 e. The maximum Gasteiger partial charge on any atom is 0.387 e. The minimum atomic E-state index is -2.92. The summed E-state index contributed by atoms with van der Waals surface area (Å²) in [7, 11) is 1.36. The SMILES string of the molecule is COc1ccc(C(N)CCO)cc1OC(F)F. The molecule has 0 spiro atoms. The molecule has 1 aromatic rings. The van der Waals surface area contributed by atoms with E-state index in [1.807, 2.05) is 0 Å². The topological polar surface area (TPSA) is 64.7 Å². The summed E-state index contributed by atoms with van der Waals surface area (Å²) >= 11 is 0. The Labute approximate surface area is 97.9 Å². The van der Waals surface area contributed by atoms with Crippen LogP contribution in [0, 0.1) is 0 Å². The minimum absolute atomic E-state index is 0.0617. The van der Waals surface area contributed by atoms with Crippen molar-refractivity contribution in [2.24, 2.45) is 5.73 Å². The molecule has 96 valence electrons. The van der Waals surface area contributed by atoms with Crippen LogP contribution in [0.1, 0.15) is 18.0 Å². The predicted octanol–water partition coefficient (Wildman–Crippen LogP) is 1.68. The normalized spacial score (nSPS) is 12.6. The fourth-order valence-electron chi connectivity index (χ4n) is 1.42. The average Bonchev–Trinajstić information content (AvgIpc) is 2.28. The van der Waals surface area contributed by atoms with Crippen LogP contribution in [-0.2, 0) is 0 Å². The summed E-state index contributed by atoms with van der Waals surface area (Å²) in [6.07, 6.45) is 0.348. The molecular formula is C11H15F2NO3. The van der Waals surface area contributed by atoms with Crippen molar-refractivity contribution in [3.8, 4) is 11.5 Å². The number of methoxy groups -OCH3 is 1. The van der Waals surface area contributed by atoms with Gasteiger partial charge in [-0.15, -0.1) is 0 Å². The van der Waals surface area contributed by atoms with Crippen LogP contribution in [0.15, 0.2) is 18.2 Å². The van der Waals surface area contributed by atoms with Gasteiger partial charge in [-0.05, 0) is 24.1 Å². The highest BCUT2D eigenvalue weighted by Gasteiger charge is 2.13. The van der Waals surface area contributed by atoms with Crippen molar-refractivity contribution in [1.29, 1.82) is 0 Å². The second-order valence-corrected chi connectivity index (χ2v) is 3.41. The van der Waals surface area contributed by atoms with E-state index in [0.29, 0.717) is 12.0 Å². The third-order valence-electron chi connectivity index (χ3n) is 2.27. The average molecular weight is 247 g/mol. The first kappa shape index (κ1) is 13.7. The molecule has 0 saturated heterocycles. The number of hydrogen-bond acceptors (Lipinski definition) is 4. The van der Waals surface area contributed by atoms with Gasteiger partial charge < -0.3 is 20.3 Å². The van der Waals surface area contributed by atoms with Crippen LogP contribution in [0.5, 0.6) is 11.5 Å². The highest BCUT2D eigenvalue weighted by atomic mass is 19.3. The Morgan fingerprint density at radius 2 is 2.06 bits per heavy atom. The summed E-state index contributed by atoms with van der Waals surface area (Å²) < 4.78 is 33.6. The van der Waals surface area contributed by atoms with Gasteiger partial charge in [-0.3, -0.25) is 0 Å². The molecule has 0 aliphatic carbocycles. The van der Waals surface area contributed by atoms with E-state index in [0.717, 1.165) is 0 Å². The van der Waals surface area contributed by atoms with Crippen LogP contribution in [-0.4, -0.2) is 25.4 Å². The zero-order valence-corrected chi connectivity index (χ0v) is 9.40. The largest absolute Gasteiger partial charge is 0.493 e. The molecule has 0 aromatic heterocycles. The lowest BCUT2D eigenvalue weighted by molar-refractivity contribution is -0.0512. The zero-order chi connectivity index (χ0) is 12.8. The number of ether oxygens (including phenoxy) is 2. The molecule has 17 heavy (non-hydrogen) atoms. The van der Waals surface area contributed by atoms with Crippen molar-refractivity contribution >= 4 is 0 Å². The summed E-state index contributed by atoms with van der Waals surface area (Å²) in [5, 5.41) is 8.76. The molecule has 1 atom stereocenters. The van der Waals surface area contributed by atoms with Crippen molar-refractivity contribution < 1.29 is 23.4 Å². The molecule has 0 saturated carbocycles. The summed E-state index contributed by atoms with van der Waals surface area (Å²) in [6.45, 7) is -2.99. The summed E-state index contributed by atoms with van der Waals surface area (Å²) in [5.74, 6) is 0.152. The molecule has 3 N–H and O–H groups in total. The van der Waals surface area contributed by atoms with Gasteiger partial charge in [0.2, 0.25) is 0 Å². The molecule has 1 unspecified atom stereocenters. The Kier molecular flexibility index (Phi) is 5.11. The maximum absolute atomic E-state index is 12.2. The first-order valence-electron chi connectivity index (χ1n) is 5.07. The van der Waals surface area contributed by atoms with E-state index >= 15 is 0 Å². The first-order valence-corrected chi connectivity index (χ1v) is 5.07. The van der Waals surface area contributed by atoms with E-state index in [1.165, 1.54) is 19.2 Å². The molecule has 0 aliphatic heterocycles. The van der Waals surface area contributed by atoms with Crippen LogP contribution in [0.25, 0.3) is 0 Å². The lowest BCUT2D eigenvalue weighted by atomic mass is 10.0. The van der Waals surface area contributed by atoms with Gasteiger partial charge in [0.25, 0.3) is 0 Å². The summed E-state index contributed by atoms with van der Waals surface area (Å²) in [4.78, 5) is 0. The number of hydrogen-bond donors (Lipinski definition) is 2. The third-order valence-corrected chi connectivity index (χ3v) is 2.27. The molecule has 0 aliphatic rings. The Balaban J connectivity index is 2.95. The molecular weight excluding hydrogens is 232 g/mol. The lowest BCUT2D eigenvalue weighted by Gasteiger charge is -2.14. The molecule has 6 heteroatoms. The van der Waals surface area contributed by atoms with Crippen LogP contribution >= 0.6 is 0 Å². The molecule has 1 aromatic carbocycles. The summed E-state index contributed by atoms with van der Waals surface area (Å²) in [6, 6.07) is 4.12.